The standard InChI is InChI=1S/C12H18O3/c1-5-6-12(7-8-14-9-12)10(13)15-11(2,3)4/h1H,6-9H2,2-4H3. The summed E-state index contributed by atoms with van der Waals surface area (Å²) < 4.78 is 10.6. The van der Waals surface area contributed by atoms with E-state index in [1.54, 1.807) is 0 Å². The first kappa shape index (κ1) is 12.1. The number of rotatable bonds is 2. The predicted molar refractivity (Wildman–Crippen MR) is 57.2 cm³/mol. The largest absolute Gasteiger partial charge is 0.459 e. The van der Waals surface area contributed by atoms with Crippen LogP contribution >= 0.6 is 0 Å². The van der Waals surface area contributed by atoms with Crippen LogP contribution in [0, 0.1) is 17.8 Å². The summed E-state index contributed by atoms with van der Waals surface area (Å²) in [6.07, 6.45) is 6.33. The highest BCUT2D eigenvalue weighted by atomic mass is 16.6. The van der Waals surface area contributed by atoms with E-state index >= 15 is 0 Å². The van der Waals surface area contributed by atoms with Gasteiger partial charge in [0.15, 0.2) is 0 Å². The average Bonchev–Trinajstić information content (AvgIpc) is 2.51. The molecule has 84 valence electrons. The van der Waals surface area contributed by atoms with Crippen molar-refractivity contribution in [3.63, 3.8) is 0 Å². The second kappa shape index (κ2) is 4.24. The number of carbonyl (C=O) groups is 1. The molecule has 0 bridgehead atoms. The van der Waals surface area contributed by atoms with Crippen molar-refractivity contribution in [2.75, 3.05) is 13.2 Å². The van der Waals surface area contributed by atoms with Gasteiger partial charge in [0, 0.05) is 13.0 Å². The normalized spacial score (nSPS) is 26.0. The van der Waals surface area contributed by atoms with Crippen molar-refractivity contribution >= 4 is 5.97 Å². The molecule has 0 saturated carbocycles. The van der Waals surface area contributed by atoms with Crippen LogP contribution in [0.15, 0.2) is 0 Å². The highest BCUT2D eigenvalue weighted by molar-refractivity contribution is 5.78. The molecule has 1 saturated heterocycles. The first-order chi connectivity index (χ1) is 6.90. The molecule has 15 heavy (non-hydrogen) atoms. The molecule has 0 amide bonds. The number of ether oxygens (including phenoxy) is 2. The summed E-state index contributed by atoms with van der Waals surface area (Å²) in [6, 6.07) is 0. The Labute approximate surface area is 91.1 Å². The van der Waals surface area contributed by atoms with Gasteiger partial charge in [-0.05, 0) is 27.2 Å². The summed E-state index contributed by atoms with van der Waals surface area (Å²) in [5, 5.41) is 0. The van der Waals surface area contributed by atoms with E-state index in [1.807, 2.05) is 20.8 Å². The van der Waals surface area contributed by atoms with E-state index in [1.165, 1.54) is 0 Å². The summed E-state index contributed by atoms with van der Waals surface area (Å²) in [6.45, 7) is 6.52. The topological polar surface area (TPSA) is 35.5 Å². The van der Waals surface area contributed by atoms with E-state index in [2.05, 4.69) is 5.92 Å². The van der Waals surface area contributed by atoms with Crippen LogP contribution in [-0.4, -0.2) is 24.8 Å². The molecular weight excluding hydrogens is 192 g/mol. The Morgan fingerprint density at radius 2 is 2.27 bits per heavy atom. The summed E-state index contributed by atoms with van der Waals surface area (Å²) in [5.74, 6) is 2.31. The minimum absolute atomic E-state index is 0.231. The molecular formula is C12H18O3. The van der Waals surface area contributed by atoms with Crippen molar-refractivity contribution in [2.24, 2.45) is 5.41 Å². The number of hydrogen-bond donors (Lipinski definition) is 0. The first-order valence-electron chi connectivity index (χ1n) is 5.14. The zero-order valence-corrected chi connectivity index (χ0v) is 9.63. The van der Waals surface area contributed by atoms with Crippen molar-refractivity contribution < 1.29 is 14.3 Å². The van der Waals surface area contributed by atoms with Gasteiger partial charge in [-0.2, -0.15) is 0 Å². The number of esters is 1. The highest BCUT2D eigenvalue weighted by Gasteiger charge is 2.44. The molecule has 3 heteroatoms. The van der Waals surface area contributed by atoms with Gasteiger partial charge in [0.1, 0.15) is 11.0 Å². The summed E-state index contributed by atoms with van der Waals surface area (Å²) >= 11 is 0. The van der Waals surface area contributed by atoms with Crippen LogP contribution in [0.2, 0.25) is 0 Å². The van der Waals surface area contributed by atoms with Crippen LogP contribution in [-0.2, 0) is 14.3 Å². The molecule has 0 aliphatic carbocycles. The minimum atomic E-state index is -0.609. The molecule has 0 aromatic carbocycles. The van der Waals surface area contributed by atoms with E-state index in [9.17, 15) is 4.79 Å². The van der Waals surface area contributed by atoms with Gasteiger partial charge in [-0.25, -0.2) is 0 Å². The molecule has 1 aliphatic rings. The average molecular weight is 210 g/mol. The van der Waals surface area contributed by atoms with Crippen LogP contribution in [0.3, 0.4) is 0 Å². The fraction of sp³-hybridized carbons (Fsp3) is 0.750. The molecule has 0 aromatic rings. The highest BCUT2D eigenvalue weighted by Crippen LogP contribution is 2.34. The maximum atomic E-state index is 12.0. The van der Waals surface area contributed by atoms with Gasteiger partial charge in [0.25, 0.3) is 0 Å². The lowest BCUT2D eigenvalue weighted by atomic mass is 9.84. The maximum Gasteiger partial charge on any atom is 0.316 e. The molecule has 1 aliphatic heterocycles. The third kappa shape index (κ3) is 2.97. The van der Waals surface area contributed by atoms with Crippen molar-refractivity contribution in [3.05, 3.63) is 0 Å². The van der Waals surface area contributed by atoms with Crippen molar-refractivity contribution in [1.82, 2.24) is 0 Å². The monoisotopic (exact) mass is 210 g/mol. The minimum Gasteiger partial charge on any atom is -0.459 e. The van der Waals surface area contributed by atoms with Crippen LogP contribution in [0.1, 0.15) is 33.6 Å². The fourth-order valence-electron chi connectivity index (χ4n) is 1.56. The van der Waals surface area contributed by atoms with Crippen LogP contribution < -0.4 is 0 Å². The molecule has 1 fully saturated rings. The summed E-state index contributed by atoms with van der Waals surface area (Å²) in [5.41, 5.74) is -1.08. The van der Waals surface area contributed by atoms with Gasteiger partial charge in [0.05, 0.1) is 6.61 Å². The van der Waals surface area contributed by atoms with Crippen molar-refractivity contribution in [3.8, 4) is 12.3 Å². The van der Waals surface area contributed by atoms with E-state index in [4.69, 9.17) is 15.9 Å². The lowest BCUT2D eigenvalue weighted by Crippen LogP contribution is -2.38. The van der Waals surface area contributed by atoms with Gasteiger partial charge in [-0.15, -0.1) is 12.3 Å². The third-order valence-electron chi connectivity index (χ3n) is 2.38. The zero-order valence-electron chi connectivity index (χ0n) is 9.63. The molecule has 0 spiro atoms. The fourth-order valence-corrected chi connectivity index (χ4v) is 1.56. The van der Waals surface area contributed by atoms with Gasteiger partial charge in [0.2, 0.25) is 0 Å². The SMILES string of the molecule is C#CCC1(C(=O)OC(C)(C)C)CCOC1. The molecule has 0 aromatic heterocycles. The smallest absolute Gasteiger partial charge is 0.316 e. The Morgan fingerprint density at radius 3 is 2.67 bits per heavy atom. The second-order valence-electron chi connectivity index (χ2n) is 4.97. The lowest BCUT2D eigenvalue weighted by molar-refractivity contribution is -0.167. The Morgan fingerprint density at radius 1 is 1.60 bits per heavy atom. The molecule has 1 unspecified atom stereocenters. The van der Waals surface area contributed by atoms with Gasteiger partial charge in [-0.1, -0.05) is 0 Å². The van der Waals surface area contributed by atoms with Crippen molar-refractivity contribution in [1.29, 1.82) is 0 Å². The number of hydrogen-bond acceptors (Lipinski definition) is 3. The molecule has 1 atom stereocenters. The van der Waals surface area contributed by atoms with Crippen LogP contribution in [0.25, 0.3) is 0 Å². The van der Waals surface area contributed by atoms with E-state index in [0.717, 1.165) is 0 Å². The predicted octanol–water partition coefficient (Wildman–Crippen LogP) is 1.76. The number of terminal acetylenes is 1. The van der Waals surface area contributed by atoms with Gasteiger partial charge >= 0.3 is 5.97 Å². The molecule has 1 heterocycles. The van der Waals surface area contributed by atoms with Gasteiger partial charge in [-0.3, -0.25) is 4.79 Å². The van der Waals surface area contributed by atoms with Crippen LogP contribution in [0.5, 0.6) is 0 Å². The lowest BCUT2D eigenvalue weighted by Gasteiger charge is -2.28. The molecule has 0 radical (unpaired) electrons. The van der Waals surface area contributed by atoms with Gasteiger partial charge < -0.3 is 9.47 Å². The van der Waals surface area contributed by atoms with E-state index < -0.39 is 11.0 Å². The van der Waals surface area contributed by atoms with E-state index in [-0.39, 0.29) is 5.97 Å². The summed E-state index contributed by atoms with van der Waals surface area (Å²) in [7, 11) is 0. The van der Waals surface area contributed by atoms with Crippen molar-refractivity contribution in [2.45, 2.75) is 39.2 Å². The Kier molecular flexibility index (Phi) is 3.41. The first-order valence-corrected chi connectivity index (χ1v) is 5.14. The quantitative estimate of drug-likeness (QED) is 0.514. The second-order valence-corrected chi connectivity index (χ2v) is 4.97. The Bertz CT molecular complexity index is 274. The summed E-state index contributed by atoms with van der Waals surface area (Å²) in [4.78, 5) is 12.0. The Hall–Kier alpha value is -1.01. The van der Waals surface area contributed by atoms with Crippen LogP contribution in [0.4, 0.5) is 0 Å². The molecule has 3 nitrogen and oxygen atoms in total. The molecule has 0 N–H and O–H groups in total. The third-order valence-corrected chi connectivity index (χ3v) is 2.38. The molecule has 1 rings (SSSR count). The number of carbonyl (C=O) groups excluding carboxylic acids is 1. The Balaban J connectivity index is 2.73. The maximum absolute atomic E-state index is 12.0. The zero-order chi connectivity index (χ0) is 11.5. The van der Waals surface area contributed by atoms with E-state index in [0.29, 0.717) is 26.1 Å².